The summed E-state index contributed by atoms with van der Waals surface area (Å²) < 4.78 is 16.2. The van der Waals surface area contributed by atoms with Crippen molar-refractivity contribution < 1.29 is 23.8 Å². The zero-order valence-electron chi connectivity index (χ0n) is 17.2. The van der Waals surface area contributed by atoms with Gasteiger partial charge in [-0.3, -0.25) is 9.59 Å². The molecule has 0 aromatic heterocycles. The highest BCUT2D eigenvalue weighted by atomic mass is 35.5. The number of benzene rings is 1. The average molecular weight is 428 g/mol. The van der Waals surface area contributed by atoms with Gasteiger partial charge in [-0.25, -0.2) is 0 Å². The molecular formula is C20H30ClN3O5. The Morgan fingerprint density at radius 1 is 0.931 bits per heavy atom. The van der Waals surface area contributed by atoms with E-state index in [9.17, 15) is 9.59 Å². The number of carbonyl (C=O) groups is 2. The summed E-state index contributed by atoms with van der Waals surface area (Å²) in [5, 5.41) is 3.27. The summed E-state index contributed by atoms with van der Waals surface area (Å²) in [7, 11) is 4.72. The summed E-state index contributed by atoms with van der Waals surface area (Å²) in [6, 6.07) is 5.15. The predicted octanol–water partition coefficient (Wildman–Crippen LogP) is 1.18. The minimum Gasteiger partial charge on any atom is -0.493 e. The van der Waals surface area contributed by atoms with Crippen molar-refractivity contribution in [1.82, 2.24) is 15.1 Å². The van der Waals surface area contributed by atoms with E-state index in [0.29, 0.717) is 56.1 Å². The van der Waals surface area contributed by atoms with Gasteiger partial charge >= 0.3 is 0 Å². The molecule has 2 amide bonds. The van der Waals surface area contributed by atoms with Crippen LogP contribution in [0, 0.1) is 0 Å². The van der Waals surface area contributed by atoms with Gasteiger partial charge in [0.15, 0.2) is 11.5 Å². The molecule has 1 N–H and O–H groups in total. The number of amides is 2. The van der Waals surface area contributed by atoms with Crippen molar-refractivity contribution >= 4 is 24.2 Å². The monoisotopic (exact) mass is 427 g/mol. The predicted molar refractivity (Wildman–Crippen MR) is 111 cm³/mol. The fourth-order valence-corrected chi connectivity index (χ4v) is 3.89. The number of carbonyl (C=O) groups excluding carboxylic acids is 2. The van der Waals surface area contributed by atoms with Gasteiger partial charge in [-0.2, -0.15) is 0 Å². The number of piperazine rings is 1. The third-order valence-corrected chi connectivity index (χ3v) is 5.68. The molecule has 9 heteroatoms. The Morgan fingerprint density at radius 2 is 1.52 bits per heavy atom. The first-order valence-corrected chi connectivity index (χ1v) is 9.61. The molecule has 2 saturated heterocycles. The third kappa shape index (κ3) is 4.76. The first-order valence-electron chi connectivity index (χ1n) is 9.61. The van der Waals surface area contributed by atoms with E-state index in [1.165, 1.54) is 0 Å². The van der Waals surface area contributed by atoms with Crippen molar-refractivity contribution in [3.63, 3.8) is 0 Å². The summed E-state index contributed by atoms with van der Waals surface area (Å²) in [5.74, 6) is 1.07. The second-order valence-corrected chi connectivity index (χ2v) is 7.10. The summed E-state index contributed by atoms with van der Waals surface area (Å²) >= 11 is 0. The number of ether oxygens (including phenoxy) is 3. The maximum Gasteiger partial charge on any atom is 0.255 e. The van der Waals surface area contributed by atoms with Gasteiger partial charge in [-0.05, 0) is 44.1 Å². The lowest BCUT2D eigenvalue weighted by molar-refractivity contribution is -0.159. The van der Waals surface area contributed by atoms with Gasteiger partial charge < -0.3 is 29.3 Å². The maximum absolute atomic E-state index is 13.0. The number of nitrogens with zero attached hydrogens (tertiary/aromatic N) is 2. The molecule has 1 aromatic rings. The zero-order chi connectivity index (χ0) is 20.1. The lowest BCUT2D eigenvalue weighted by Gasteiger charge is -2.42. The smallest absolute Gasteiger partial charge is 0.255 e. The van der Waals surface area contributed by atoms with Crippen molar-refractivity contribution in [1.29, 1.82) is 0 Å². The van der Waals surface area contributed by atoms with Crippen LogP contribution in [0.15, 0.2) is 18.2 Å². The largest absolute Gasteiger partial charge is 0.493 e. The van der Waals surface area contributed by atoms with Crippen LogP contribution in [0.4, 0.5) is 0 Å². The summed E-state index contributed by atoms with van der Waals surface area (Å²) in [6.45, 7) is 3.56. The number of piperidine rings is 1. The fraction of sp³-hybridized carbons (Fsp3) is 0.600. The second-order valence-electron chi connectivity index (χ2n) is 7.10. The molecule has 2 aliphatic rings. The summed E-state index contributed by atoms with van der Waals surface area (Å²) in [5.41, 5.74) is -0.190. The van der Waals surface area contributed by atoms with Gasteiger partial charge in [-0.15, -0.1) is 12.4 Å². The lowest BCUT2D eigenvalue weighted by Crippen LogP contribution is -2.59. The number of rotatable bonds is 5. The van der Waals surface area contributed by atoms with Crippen LogP contribution in [0.5, 0.6) is 11.5 Å². The highest BCUT2D eigenvalue weighted by Gasteiger charge is 2.43. The number of methoxy groups -OCH3 is 3. The Labute approximate surface area is 177 Å². The summed E-state index contributed by atoms with van der Waals surface area (Å²) in [4.78, 5) is 29.5. The zero-order valence-corrected chi connectivity index (χ0v) is 18.0. The SMILES string of the molecule is COc1ccc(C(=O)N2CCN(C(=O)C3(OC)CCNCC3)CC2)cc1OC.Cl. The van der Waals surface area contributed by atoms with E-state index in [2.05, 4.69) is 5.32 Å². The Hall–Kier alpha value is -2.03. The van der Waals surface area contributed by atoms with E-state index < -0.39 is 5.60 Å². The normalized spacial score (nSPS) is 18.6. The highest BCUT2D eigenvalue weighted by Crippen LogP contribution is 2.29. The third-order valence-electron chi connectivity index (χ3n) is 5.68. The Bertz CT molecular complexity index is 716. The van der Waals surface area contributed by atoms with Crippen LogP contribution in [0.1, 0.15) is 23.2 Å². The molecule has 0 spiro atoms. The molecule has 0 unspecified atom stereocenters. The molecule has 162 valence electrons. The number of hydrogen-bond donors (Lipinski definition) is 1. The minimum atomic E-state index is -0.735. The van der Waals surface area contributed by atoms with Gasteiger partial charge in [0.05, 0.1) is 14.2 Å². The van der Waals surface area contributed by atoms with Crippen LogP contribution in [0.2, 0.25) is 0 Å². The molecule has 29 heavy (non-hydrogen) atoms. The van der Waals surface area contributed by atoms with E-state index in [1.54, 1.807) is 44.4 Å². The Morgan fingerprint density at radius 3 is 2.07 bits per heavy atom. The van der Waals surface area contributed by atoms with E-state index in [-0.39, 0.29) is 24.2 Å². The fourth-order valence-electron chi connectivity index (χ4n) is 3.89. The molecule has 2 heterocycles. The van der Waals surface area contributed by atoms with Crippen LogP contribution in [-0.2, 0) is 9.53 Å². The van der Waals surface area contributed by atoms with Gasteiger partial charge in [-0.1, -0.05) is 0 Å². The van der Waals surface area contributed by atoms with Crippen molar-refractivity contribution in [3.05, 3.63) is 23.8 Å². The molecule has 2 fully saturated rings. The molecule has 0 saturated carbocycles. The molecule has 0 bridgehead atoms. The molecule has 2 aliphatic heterocycles. The van der Waals surface area contributed by atoms with Crippen LogP contribution in [0.3, 0.4) is 0 Å². The first-order chi connectivity index (χ1) is 13.5. The molecule has 0 atom stereocenters. The van der Waals surface area contributed by atoms with Crippen LogP contribution in [0.25, 0.3) is 0 Å². The quantitative estimate of drug-likeness (QED) is 0.760. The lowest BCUT2D eigenvalue weighted by atomic mass is 9.90. The first kappa shape index (κ1) is 23.3. The van der Waals surface area contributed by atoms with Crippen LogP contribution in [-0.4, -0.2) is 87.8 Å². The molecular weight excluding hydrogens is 398 g/mol. The molecule has 1 aromatic carbocycles. The molecule has 8 nitrogen and oxygen atoms in total. The molecule has 0 radical (unpaired) electrons. The van der Waals surface area contributed by atoms with Crippen molar-refractivity contribution in [3.8, 4) is 11.5 Å². The average Bonchev–Trinajstić information content (AvgIpc) is 2.78. The Balaban J connectivity index is 0.00000300. The van der Waals surface area contributed by atoms with E-state index in [1.807, 2.05) is 4.90 Å². The second kappa shape index (κ2) is 10.1. The van der Waals surface area contributed by atoms with Gasteiger partial charge in [0.1, 0.15) is 5.60 Å². The molecule has 3 rings (SSSR count). The standard InChI is InChI=1S/C20H29N3O5.ClH/c1-26-16-5-4-15(14-17(16)27-2)18(24)22-10-12-23(13-11-22)19(25)20(28-3)6-8-21-9-7-20;/h4-5,14,21H,6-13H2,1-3H3;1H. The van der Waals surface area contributed by atoms with Crippen LogP contribution < -0.4 is 14.8 Å². The minimum absolute atomic E-state index is 0. The summed E-state index contributed by atoms with van der Waals surface area (Å²) in [6.07, 6.45) is 1.35. The Kier molecular flexibility index (Phi) is 8.13. The van der Waals surface area contributed by atoms with Crippen LogP contribution >= 0.6 is 12.4 Å². The van der Waals surface area contributed by atoms with Gasteiger partial charge in [0, 0.05) is 38.9 Å². The topological polar surface area (TPSA) is 80.3 Å². The van der Waals surface area contributed by atoms with Gasteiger partial charge in [0.25, 0.3) is 11.8 Å². The van der Waals surface area contributed by atoms with E-state index in [4.69, 9.17) is 14.2 Å². The number of halogens is 1. The van der Waals surface area contributed by atoms with Crippen molar-refractivity contribution in [2.75, 3.05) is 60.6 Å². The van der Waals surface area contributed by atoms with E-state index >= 15 is 0 Å². The number of hydrogen-bond acceptors (Lipinski definition) is 6. The highest BCUT2D eigenvalue weighted by molar-refractivity contribution is 5.95. The van der Waals surface area contributed by atoms with Crippen molar-refractivity contribution in [2.45, 2.75) is 18.4 Å². The van der Waals surface area contributed by atoms with Crippen molar-refractivity contribution in [2.24, 2.45) is 0 Å². The van der Waals surface area contributed by atoms with E-state index in [0.717, 1.165) is 13.1 Å². The molecule has 0 aliphatic carbocycles. The maximum atomic E-state index is 13.0. The van der Waals surface area contributed by atoms with Gasteiger partial charge in [0.2, 0.25) is 0 Å². The number of nitrogens with one attached hydrogen (secondary N) is 1.